The van der Waals surface area contributed by atoms with Crippen molar-refractivity contribution in [2.24, 2.45) is 0 Å². The highest BCUT2D eigenvalue weighted by molar-refractivity contribution is 5.91. The zero-order valence-corrected chi connectivity index (χ0v) is 15.8. The number of hydrogen-bond acceptors (Lipinski definition) is 4. The molecule has 158 valence electrons. The van der Waals surface area contributed by atoms with Gasteiger partial charge in [0.15, 0.2) is 5.58 Å². The van der Waals surface area contributed by atoms with Crippen LogP contribution in [0.5, 0.6) is 0 Å². The average Bonchev–Trinajstić information content (AvgIpc) is 3.07. The molecular formula is C20H19F3N4O3. The van der Waals surface area contributed by atoms with Crippen molar-refractivity contribution in [2.45, 2.75) is 25.1 Å². The summed E-state index contributed by atoms with van der Waals surface area (Å²) in [6.07, 6.45) is -3.01. The molecule has 0 atom stereocenters. The standard InChI is InChI=1S/C20H19F3N4O3/c21-20(22,23)12-1-4-15(5-2-12)27-9-7-13(8-10-27)24-18(28)25-14-3-6-16-17(11-14)30-19(29)26-16/h1-6,11,13H,7-10H2,(H,26,29)(H2,24,25,28). The molecule has 2 aromatic carbocycles. The molecule has 4 rings (SSSR count). The lowest BCUT2D eigenvalue weighted by Gasteiger charge is -2.34. The van der Waals surface area contributed by atoms with Crippen LogP contribution in [0.3, 0.4) is 0 Å². The third kappa shape index (κ3) is 4.42. The number of urea groups is 1. The van der Waals surface area contributed by atoms with E-state index in [-0.39, 0.29) is 12.1 Å². The van der Waals surface area contributed by atoms with Gasteiger partial charge in [-0.2, -0.15) is 13.2 Å². The molecule has 30 heavy (non-hydrogen) atoms. The molecule has 0 saturated carbocycles. The van der Waals surface area contributed by atoms with Gasteiger partial charge in [0, 0.05) is 36.6 Å². The van der Waals surface area contributed by atoms with Crippen LogP contribution in [0.2, 0.25) is 0 Å². The van der Waals surface area contributed by atoms with Crippen molar-refractivity contribution >= 4 is 28.5 Å². The number of H-pyrrole nitrogens is 1. The third-order valence-corrected chi connectivity index (χ3v) is 5.07. The molecule has 7 nitrogen and oxygen atoms in total. The van der Waals surface area contributed by atoms with Gasteiger partial charge in [0.1, 0.15) is 0 Å². The van der Waals surface area contributed by atoms with Crippen molar-refractivity contribution in [1.82, 2.24) is 10.3 Å². The van der Waals surface area contributed by atoms with E-state index in [9.17, 15) is 22.8 Å². The number of benzene rings is 2. The predicted molar refractivity (Wildman–Crippen MR) is 106 cm³/mol. The van der Waals surface area contributed by atoms with Crippen LogP contribution in [-0.2, 0) is 6.18 Å². The molecule has 0 unspecified atom stereocenters. The van der Waals surface area contributed by atoms with Gasteiger partial charge in [-0.1, -0.05) is 0 Å². The Kier molecular flexibility index (Phi) is 5.15. The van der Waals surface area contributed by atoms with Gasteiger partial charge in [-0.05, 0) is 49.2 Å². The molecule has 2 heterocycles. The summed E-state index contributed by atoms with van der Waals surface area (Å²) >= 11 is 0. The van der Waals surface area contributed by atoms with E-state index < -0.39 is 17.5 Å². The van der Waals surface area contributed by atoms with Crippen LogP contribution in [-0.4, -0.2) is 30.1 Å². The Bertz CT molecular complexity index is 1100. The highest BCUT2D eigenvalue weighted by Crippen LogP contribution is 2.31. The highest BCUT2D eigenvalue weighted by atomic mass is 19.4. The number of aromatic nitrogens is 1. The lowest BCUT2D eigenvalue weighted by atomic mass is 10.0. The Morgan fingerprint density at radius 1 is 1.10 bits per heavy atom. The molecule has 3 N–H and O–H groups in total. The number of halogens is 3. The SMILES string of the molecule is O=C(Nc1ccc2[nH]c(=O)oc2c1)NC1CCN(c2ccc(C(F)(F)F)cc2)CC1. The summed E-state index contributed by atoms with van der Waals surface area (Å²) in [5, 5.41) is 5.60. The van der Waals surface area contributed by atoms with E-state index >= 15 is 0 Å². The van der Waals surface area contributed by atoms with Gasteiger partial charge >= 0.3 is 18.0 Å². The number of rotatable bonds is 3. The van der Waals surface area contributed by atoms with Gasteiger partial charge < -0.3 is 20.0 Å². The topological polar surface area (TPSA) is 90.4 Å². The van der Waals surface area contributed by atoms with E-state index in [4.69, 9.17) is 4.42 Å². The van der Waals surface area contributed by atoms with Crippen molar-refractivity contribution in [2.75, 3.05) is 23.3 Å². The number of piperidine rings is 1. The Balaban J connectivity index is 1.29. The van der Waals surface area contributed by atoms with E-state index in [0.717, 1.165) is 17.8 Å². The second kappa shape index (κ2) is 7.77. The second-order valence-electron chi connectivity index (χ2n) is 7.13. The number of alkyl halides is 3. The lowest BCUT2D eigenvalue weighted by molar-refractivity contribution is -0.137. The van der Waals surface area contributed by atoms with Gasteiger partial charge in [0.25, 0.3) is 0 Å². The van der Waals surface area contributed by atoms with Crippen molar-refractivity contribution in [3.8, 4) is 0 Å². The molecule has 1 aliphatic rings. The molecule has 0 bridgehead atoms. The number of hydrogen-bond donors (Lipinski definition) is 3. The molecular weight excluding hydrogens is 401 g/mol. The van der Waals surface area contributed by atoms with Crippen molar-refractivity contribution in [3.63, 3.8) is 0 Å². The first kappa shape index (κ1) is 19.9. The van der Waals surface area contributed by atoms with Crippen LogP contribution in [0.25, 0.3) is 11.1 Å². The average molecular weight is 420 g/mol. The molecule has 2 amide bonds. The number of anilines is 2. The second-order valence-corrected chi connectivity index (χ2v) is 7.13. The lowest BCUT2D eigenvalue weighted by Crippen LogP contribution is -2.46. The third-order valence-electron chi connectivity index (χ3n) is 5.07. The summed E-state index contributed by atoms with van der Waals surface area (Å²) in [4.78, 5) is 28.0. The summed E-state index contributed by atoms with van der Waals surface area (Å²) < 4.78 is 43.0. The molecule has 10 heteroatoms. The van der Waals surface area contributed by atoms with Crippen LogP contribution in [0.1, 0.15) is 18.4 Å². The smallest absolute Gasteiger partial charge is 0.408 e. The first-order valence-electron chi connectivity index (χ1n) is 9.40. The van der Waals surface area contributed by atoms with E-state index in [1.165, 1.54) is 12.1 Å². The van der Waals surface area contributed by atoms with Crippen LogP contribution >= 0.6 is 0 Å². The summed E-state index contributed by atoms with van der Waals surface area (Å²) in [5.41, 5.74) is 1.44. The van der Waals surface area contributed by atoms with Gasteiger partial charge in [-0.15, -0.1) is 0 Å². The number of carbonyl (C=O) groups excluding carboxylic acids is 1. The monoisotopic (exact) mass is 420 g/mol. The number of oxazole rings is 1. The zero-order chi connectivity index (χ0) is 21.3. The maximum atomic E-state index is 12.7. The Labute approximate surface area is 168 Å². The number of nitrogens with one attached hydrogen (secondary N) is 3. The minimum absolute atomic E-state index is 0.0513. The minimum Gasteiger partial charge on any atom is -0.408 e. The number of amides is 2. The maximum absolute atomic E-state index is 12.7. The Morgan fingerprint density at radius 3 is 2.47 bits per heavy atom. The Hall–Kier alpha value is -3.43. The largest absolute Gasteiger partial charge is 0.417 e. The summed E-state index contributed by atoms with van der Waals surface area (Å²) in [6.45, 7) is 1.24. The van der Waals surface area contributed by atoms with Crippen LogP contribution < -0.4 is 21.3 Å². The number of nitrogens with zero attached hydrogens (tertiary/aromatic N) is 1. The summed E-state index contributed by atoms with van der Waals surface area (Å²) in [5.74, 6) is -0.564. The zero-order valence-electron chi connectivity index (χ0n) is 15.8. The van der Waals surface area contributed by atoms with Crippen molar-refractivity contribution in [3.05, 3.63) is 58.6 Å². The fourth-order valence-corrected chi connectivity index (χ4v) is 3.52. The number of aromatic amines is 1. The molecule has 0 spiro atoms. The molecule has 0 radical (unpaired) electrons. The number of fused-ring (bicyclic) bond motifs is 1. The molecule has 3 aromatic rings. The summed E-state index contributed by atoms with van der Waals surface area (Å²) in [7, 11) is 0. The molecule has 1 aliphatic heterocycles. The Morgan fingerprint density at radius 2 is 1.80 bits per heavy atom. The molecule has 1 aromatic heterocycles. The van der Waals surface area contributed by atoms with E-state index in [0.29, 0.717) is 42.7 Å². The summed E-state index contributed by atoms with van der Waals surface area (Å²) in [6, 6.07) is 9.52. The quantitative estimate of drug-likeness (QED) is 0.599. The van der Waals surface area contributed by atoms with Crippen LogP contribution in [0.4, 0.5) is 29.3 Å². The number of carbonyl (C=O) groups is 1. The first-order valence-corrected chi connectivity index (χ1v) is 9.40. The van der Waals surface area contributed by atoms with Crippen LogP contribution in [0, 0.1) is 0 Å². The normalized spacial score (nSPS) is 15.4. The minimum atomic E-state index is -4.35. The van der Waals surface area contributed by atoms with Crippen molar-refractivity contribution in [1.29, 1.82) is 0 Å². The van der Waals surface area contributed by atoms with E-state index in [1.54, 1.807) is 18.2 Å². The van der Waals surface area contributed by atoms with Gasteiger partial charge in [0.05, 0.1) is 11.1 Å². The van der Waals surface area contributed by atoms with E-state index in [1.807, 2.05) is 4.90 Å². The molecule has 1 saturated heterocycles. The molecule has 0 aliphatic carbocycles. The molecule has 1 fully saturated rings. The van der Waals surface area contributed by atoms with Crippen LogP contribution in [0.15, 0.2) is 51.7 Å². The van der Waals surface area contributed by atoms with Gasteiger partial charge in [-0.25, -0.2) is 9.59 Å². The highest BCUT2D eigenvalue weighted by Gasteiger charge is 2.30. The van der Waals surface area contributed by atoms with Gasteiger partial charge in [0.2, 0.25) is 0 Å². The van der Waals surface area contributed by atoms with Crippen molar-refractivity contribution < 1.29 is 22.4 Å². The maximum Gasteiger partial charge on any atom is 0.417 e. The first-order chi connectivity index (χ1) is 14.3. The van der Waals surface area contributed by atoms with Gasteiger partial charge in [-0.3, -0.25) is 4.98 Å². The predicted octanol–water partition coefficient (Wildman–Crippen LogP) is 3.93. The fraction of sp³-hybridized carbons (Fsp3) is 0.300. The van der Waals surface area contributed by atoms with E-state index in [2.05, 4.69) is 15.6 Å². The fourth-order valence-electron chi connectivity index (χ4n) is 3.52.